The van der Waals surface area contributed by atoms with Crippen molar-refractivity contribution in [3.8, 4) is 5.75 Å². The summed E-state index contributed by atoms with van der Waals surface area (Å²) in [6.07, 6.45) is 0.316. The fraction of sp³-hybridized carbons (Fsp3) is 0.0526. The second-order valence-electron chi connectivity index (χ2n) is 5.38. The van der Waals surface area contributed by atoms with Crippen molar-refractivity contribution in [2.45, 2.75) is 6.42 Å². The van der Waals surface area contributed by atoms with Crippen molar-refractivity contribution in [2.75, 3.05) is 5.32 Å². The lowest BCUT2D eigenvalue weighted by Crippen LogP contribution is -2.14. The molecular formula is C19H13Cl2NO3S. The third-order valence-electron chi connectivity index (χ3n) is 3.37. The summed E-state index contributed by atoms with van der Waals surface area (Å²) < 4.78 is 5.26. The largest absolute Gasteiger partial charge is 0.423 e. The number of hydrogen-bond donors (Lipinski definition) is 1. The zero-order valence-corrected chi connectivity index (χ0v) is 15.7. The summed E-state index contributed by atoms with van der Waals surface area (Å²) in [4.78, 5) is 25.2. The highest BCUT2D eigenvalue weighted by Crippen LogP contribution is 2.25. The first-order valence-electron chi connectivity index (χ1n) is 7.60. The topological polar surface area (TPSA) is 55.4 Å². The van der Waals surface area contributed by atoms with Crippen LogP contribution in [-0.2, 0) is 11.2 Å². The van der Waals surface area contributed by atoms with Gasteiger partial charge in [-0.15, -0.1) is 11.3 Å². The lowest BCUT2D eigenvalue weighted by atomic mass is 10.2. The maximum atomic E-state index is 12.2. The zero-order valence-electron chi connectivity index (χ0n) is 13.4. The van der Waals surface area contributed by atoms with E-state index in [4.69, 9.17) is 27.9 Å². The Morgan fingerprint density at radius 1 is 1.00 bits per heavy atom. The van der Waals surface area contributed by atoms with Gasteiger partial charge in [-0.25, -0.2) is 4.79 Å². The monoisotopic (exact) mass is 405 g/mol. The van der Waals surface area contributed by atoms with Crippen molar-refractivity contribution >= 4 is 52.1 Å². The second-order valence-corrected chi connectivity index (χ2v) is 7.28. The zero-order chi connectivity index (χ0) is 18.5. The molecule has 0 unspecified atom stereocenters. The summed E-state index contributed by atoms with van der Waals surface area (Å²) in [5.41, 5.74) is 0.950. The number of amides is 1. The minimum Gasteiger partial charge on any atom is -0.423 e. The molecule has 3 rings (SSSR count). The Hall–Kier alpha value is -2.34. The van der Waals surface area contributed by atoms with Crippen LogP contribution in [-0.4, -0.2) is 11.9 Å². The fourth-order valence-corrected chi connectivity index (χ4v) is 3.43. The molecule has 0 saturated heterocycles. The Morgan fingerprint density at radius 3 is 2.31 bits per heavy atom. The van der Waals surface area contributed by atoms with Crippen LogP contribution in [0, 0.1) is 0 Å². The molecule has 0 fully saturated rings. The number of ether oxygens (including phenoxy) is 1. The number of carbonyl (C=O) groups is 2. The van der Waals surface area contributed by atoms with E-state index >= 15 is 0 Å². The van der Waals surface area contributed by atoms with Gasteiger partial charge in [0.25, 0.3) is 0 Å². The molecule has 0 aliphatic carbocycles. The first-order chi connectivity index (χ1) is 12.5. The molecule has 0 aliphatic heterocycles. The number of benzene rings is 2. The summed E-state index contributed by atoms with van der Waals surface area (Å²) in [6, 6.07) is 14.8. The molecular weight excluding hydrogens is 393 g/mol. The van der Waals surface area contributed by atoms with Crippen molar-refractivity contribution in [1.29, 1.82) is 0 Å². The Bertz CT molecular complexity index is 904. The van der Waals surface area contributed by atoms with Crippen LogP contribution in [0.3, 0.4) is 0 Å². The predicted molar refractivity (Wildman–Crippen MR) is 105 cm³/mol. The number of halogens is 2. The molecule has 26 heavy (non-hydrogen) atoms. The van der Waals surface area contributed by atoms with Gasteiger partial charge in [-0.1, -0.05) is 29.3 Å². The van der Waals surface area contributed by atoms with Gasteiger partial charge in [-0.2, -0.15) is 0 Å². The molecule has 0 atom stereocenters. The maximum Gasteiger partial charge on any atom is 0.343 e. The third-order valence-corrected chi connectivity index (χ3v) is 4.68. The van der Waals surface area contributed by atoms with Gasteiger partial charge in [0.1, 0.15) is 5.75 Å². The van der Waals surface area contributed by atoms with Gasteiger partial charge in [0.2, 0.25) is 5.91 Å². The lowest BCUT2D eigenvalue weighted by Gasteiger charge is -2.07. The maximum absolute atomic E-state index is 12.2. The third kappa shape index (κ3) is 5.08. The van der Waals surface area contributed by atoms with Crippen molar-refractivity contribution in [2.24, 2.45) is 0 Å². The Morgan fingerprint density at radius 2 is 1.69 bits per heavy atom. The first-order valence-corrected chi connectivity index (χ1v) is 9.24. The number of nitrogens with one attached hydrogen (secondary N) is 1. The van der Waals surface area contributed by atoms with Gasteiger partial charge in [0.05, 0.1) is 12.0 Å². The van der Waals surface area contributed by atoms with Crippen LogP contribution < -0.4 is 10.1 Å². The highest BCUT2D eigenvalue weighted by Gasteiger charge is 2.11. The summed E-state index contributed by atoms with van der Waals surface area (Å²) in [6.45, 7) is 0. The fourth-order valence-electron chi connectivity index (χ4n) is 2.22. The summed E-state index contributed by atoms with van der Waals surface area (Å²) >= 11 is 13.3. The smallest absolute Gasteiger partial charge is 0.343 e. The quantitative estimate of drug-likeness (QED) is 0.453. The van der Waals surface area contributed by atoms with Crippen LogP contribution >= 0.6 is 34.5 Å². The molecule has 0 saturated carbocycles. The molecule has 1 heterocycles. The molecule has 1 aromatic heterocycles. The molecule has 0 radical (unpaired) electrons. The van der Waals surface area contributed by atoms with Crippen LogP contribution in [0.2, 0.25) is 10.0 Å². The highest BCUT2D eigenvalue weighted by molar-refractivity contribution is 7.10. The SMILES string of the molecule is O=C(Cc1cccs1)Nc1ccc(C(=O)Oc2cc(Cl)cc(Cl)c2)cc1. The van der Waals surface area contributed by atoms with Gasteiger partial charge in [-0.05, 0) is 53.9 Å². The normalized spacial score (nSPS) is 10.4. The van der Waals surface area contributed by atoms with E-state index in [2.05, 4.69) is 5.32 Å². The number of hydrogen-bond acceptors (Lipinski definition) is 4. The summed E-state index contributed by atoms with van der Waals surface area (Å²) in [5.74, 6) is -0.392. The van der Waals surface area contributed by atoms with Gasteiger partial charge >= 0.3 is 5.97 Å². The molecule has 3 aromatic rings. The lowest BCUT2D eigenvalue weighted by molar-refractivity contribution is -0.115. The van der Waals surface area contributed by atoms with Crippen molar-refractivity contribution in [3.63, 3.8) is 0 Å². The standard InChI is InChI=1S/C19H13Cl2NO3S/c20-13-8-14(21)10-16(9-13)25-19(24)12-3-5-15(6-4-12)22-18(23)11-17-2-1-7-26-17/h1-10H,11H2,(H,22,23). The van der Waals surface area contributed by atoms with Crippen LogP contribution in [0.15, 0.2) is 60.0 Å². The van der Waals surface area contributed by atoms with E-state index in [1.54, 1.807) is 30.3 Å². The molecule has 132 valence electrons. The van der Waals surface area contributed by atoms with Crippen LogP contribution in [0.25, 0.3) is 0 Å². The van der Waals surface area contributed by atoms with Gasteiger partial charge in [-0.3, -0.25) is 4.79 Å². The van der Waals surface area contributed by atoms with Gasteiger partial charge in [0, 0.05) is 20.6 Å². The van der Waals surface area contributed by atoms with E-state index in [1.165, 1.54) is 23.5 Å². The predicted octanol–water partition coefficient (Wildman–Crippen LogP) is 5.46. The van der Waals surface area contributed by atoms with Crippen LogP contribution in [0.5, 0.6) is 5.75 Å². The molecule has 0 bridgehead atoms. The number of rotatable bonds is 5. The average Bonchev–Trinajstić information content (AvgIpc) is 3.07. The first kappa shape index (κ1) is 18.5. The molecule has 0 spiro atoms. The summed E-state index contributed by atoms with van der Waals surface area (Å²) in [5, 5.41) is 5.48. The van der Waals surface area contributed by atoms with Crippen LogP contribution in [0.1, 0.15) is 15.2 Å². The minimum atomic E-state index is -0.542. The molecule has 0 aliphatic rings. The van der Waals surface area contributed by atoms with E-state index in [-0.39, 0.29) is 11.7 Å². The highest BCUT2D eigenvalue weighted by atomic mass is 35.5. The number of anilines is 1. The average molecular weight is 406 g/mol. The Labute approximate surface area is 164 Å². The van der Waals surface area contributed by atoms with E-state index in [9.17, 15) is 9.59 Å². The second kappa shape index (κ2) is 8.36. The van der Waals surface area contributed by atoms with Gasteiger partial charge in [0.15, 0.2) is 0 Å². The van der Waals surface area contributed by atoms with E-state index in [1.807, 2.05) is 17.5 Å². The number of esters is 1. The molecule has 1 amide bonds. The number of carbonyl (C=O) groups excluding carboxylic acids is 2. The van der Waals surface area contributed by atoms with Crippen molar-refractivity contribution in [3.05, 3.63) is 80.5 Å². The summed E-state index contributed by atoms with van der Waals surface area (Å²) in [7, 11) is 0. The van der Waals surface area contributed by atoms with E-state index in [0.717, 1.165) is 4.88 Å². The molecule has 7 heteroatoms. The van der Waals surface area contributed by atoms with Crippen molar-refractivity contribution in [1.82, 2.24) is 0 Å². The Kier molecular flexibility index (Phi) is 5.93. The molecule has 2 aromatic carbocycles. The number of thiophene rings is 1. The molecule has 4 nitrogen and oxygen atoms in total. The Balaban J connectivity index is 1.61. The van der Waals surface area contributed by atoms with E-state index < -0.39 is 5.97 Å². The minimum absolute atomic E-state index is 0.114. The van der Waals surface area contributed by atoms with Crippen molar-refractivity contribution < 1.29 is 14.3 Å². The molecule has 1 N–H and O–H groups in total. The van der Waals surface area contributed by atoms with Gasteiger partial charge < -0.3 is 10.1 Å². The van der Waals surface area contributed by atoms with Crippen LogP contribution in [0.4, 0.5) is 5.69 Å². The van der Waals surface area contributed by atoms with E-state index in [0.29, 0.717) is 27.7 Å².